The van der Waals surface area contributed by atoms with Crippen LogP contribution in [0.25, 0.3) is 0 Å². The van der Waals surface area contributed by atoms with Crippen molar-refractivity contribution in [3.63, 3.8) is 0 Å². The second-order valence-corrected chi connectivity index (χ2v) is 7.08. The van der Waals surface area contributed by atoms with E-state index in [0.29, 0.717) is 24.2 Å². The summed E-state index contributed by atoms with van der Waals surface area (Å²) in [6.07, 6.45) is 9.29. The molecule has 1 aliphatic carbocycles. The molecule has 5 nitrogen and oxygen atoms in total. The number of hydrogen-bond acceptors (Lipinski definition) is 4. The van der Waals surface area contributed by atoms with Crippen LogP contribution in [0.1, 0.15) is 61.7 Å². The maximum Gasteiger partial charge on any atom is 0.303 e. The molecule has 0 saturated heterocycles. The lowest BCUT2D eigenvalue weighted by atomic mass is 9.89. The van der Waals surface area contributed by atoms with E-state index in [0.717, 1.165) is 32.1 Å². The van der Waals surface area contributed by atoms with Gasteiger partial charge in [-0.3, -0.25) is 14.4 Å². The van der Waals surface area contributed by atoms with Crippen LogP contribution in [0.4, 0.5) is 0 Å². The van der Waals surface area contributed by atoms with Crippen LogP contribution in [0, 0.1) is 11.8 Å². The minimum Gasteiger partial charge on any atom is -0.497 e. The number of carbonyl (C=O) groups is 3. The molecule has 146 valence electrons. The van der Waals surface area contributed by atoms with Gasteiger partial charge in [-0.05, 0) is 43.4 Å². The summed E-state index contributed by atoms with van der Waals surface area (Å²) in [6, 6.07) is 7.04. The molecule has 1 N–H and O–H groups in total. The van der Waals surface area contributed by atoms with Crippen molar-refractivity contribution in [1.29, 1.82) is 0 Å². The molecular formula is C22H28O5. The van der Waals surface area contributed by atoms with Gasteiger partial charge < -0.3 is 9.84 Å². The van der Waals surface area contributed by atoms with Gasteiger partial charge in [0.1, 0.15) is 11.5 Å². The molecular weight excluding hydrogens is 344 g/mol. The van der Waals surface area contributed by atoms with E-state index in [9.17, 15) is 14.4 Å². The van der Waals surface area contributed by atoms with Gasteiger partial charge in [0, 0.05) is 24.3 Å². The number of unbranched alkanes of at least 4 members (excludes halogenated alkanes) is 3. The van der Waals surface area contributed by atoms with Gasteiger partial charge in [0.25, 0.3) is 0 Å². The standard InChI is InChI=1S/C22H28O5/c1-27-18-8-6-7-17(15-18)20(23)13-11-16-12-14-21(24)19(16)9-4-2-3-5-10-22(25)26/h6-8,11,13,15-16,19H,2-5,9-10,12,14H2,1H3,(H,25,26)/b13-11+. The van der Waals surface area contributed by atoms with Gasteiger partial charge in [-0.15, -0.1) is 0 Å². The zero-order chi connectivity index (χ0) is 19.6. The third-order valence-electron chi connectivity index (χ3n) is 5.16. The summed E-state index contributed by atoms with van der Waals surface area (Å²) in [5.41, 5.74) is 0.574. The van der Waals surface area contributed by atoms with E-state index in [1.54, 1.807) is 37.5 Å². The summed E-state index contributed by atoms with van der Waals surface area (Å²) >= 11 is 0. The zero-order valence-electron chi connectivity index (χ0n) is 15.9. The summed E-state index contributed by atoms with van der Waals surface area (Å²) in [5.74, 6) is 0.188. The van der Waals surface area contributed by atoms with E-state index >= 15 is 0 Å². The first kappa shape index (κ1) is 20.9. The van der Waals surface area contributed by atoms with Gasteiger partial charge >= 0.3 is 5.97 Å². The average Bonchev–Trinajstić information content (AvgIpc) is 3.02. The van der Waals surface area contributed by atoms with Crippen molar-refractivity contribution in [2.24, 2.45) is 11.8 Å². The highest BCUT2D eigenvalue weighted by atomic mass is 16.5. The first-order valence-corrected chi connectivity index (χ1v) is 9.62. The molecule has 0 aliphatic heterocycles. The second kappa shape index (κ2) is 10.7. The number of carboxylic acid groups (broad SMARTS) is 1. The summed E-state index contributed by atoms with van der Waals surface area (Å²) in [5, 5.41) is 8.64. The number of benzene rings is 1. The monoisotopic (exact) mass is 372 g/mol. The summed E-state index contributed by atoms with van der Waals surface area (Å²) in [7, 11) is 1.57. The van der Waals surface area contributed by atoms with Crippen molar-refractivity contribution in [3.05, 3.63) is 42.0 Å². The smallest absolute Gasteiger partial charge is 0.303 e. The number of allylic oxidation sites excluding steroid dienone is 2. The molecule has 0 radical (unpaired) electrons. The lowest BCUT2D eigenvalue weighted by molar-refractivity contribution is -0.137. The van der Waals surface area contributed by atoms with Gasteiger partial charge in [-0.1, -0.05) is 37.5 Å². The van der Waals surface area contributed by atoms with Crippen molar-refractivity contribution >= 4 is 17.5 Å². The van der Waals surface area contributed by atoms with E-state index in [-0.39, 0.29) is 29.8 Å². The van der Waals surface area contributed by atoms with E-state index < -0.39 is 5.97 Å². The zero-order valence-corrected chi connectivity index (χ0v) is 15.9. The molecule has 27 heavy (non-hydrogen) atoms. The molecule has 1 aromatic carbocycles. The van der Waals surface area contributed by atoms with Crippen LogP contribution in [0.2, 0.25) is 0 Å². The van der Waals surface area contributed by atoms with Gasteiger partial charge in [0.05, 0.1) is 7.11 Å². The fourth-order valence-electron chi connectivity index (χ4n) is 3.62. The Labute approximate surface area is 160 Å². The molecule has 0 aromatic heterocycles. The lowest BCUT2D eigenvalue weighted by Gasteiger charge is -2.14. The average molecular weight is 372 g/mol. The van der Waals surface area contributed by atoms with Crippen molar-refractivity contribution < 1.29 is 24.2 Å². The molecule has 1 aromatic rings. The topological polar surface area (TPSA) is 80.7 Å². The minimum absolute atomic E-state index is 0.0150. The molecule has 1 aliphatic rings. The highest BCUT2D eigenvalue weighted by Crippen LogP contribution is 2.34. The van der Waals surface area contributed by atoms with Crippen molar-refractivity contribution in [2.45, 2.75) is 51.4 Å². The summed E-state index contributed by atoms with van der Waals surface area (Å²) in [6.45, 7) is 0. The Bertz CT molecular complexity index is 692. The molecule has 1 fully saturated rings. The number of hydrogen-bond donors (Lipinski definition) is 1. The minimum atomic E-state index is -0.758. The second-order valence-electron chi connectivity index (χ2n) is 7.08. The quantitative estimate of drug-likeness (QED) is 0.352. The highest BCUT2D eigenvalue weighted by molar-refractivity contribution is 6.04. The van der Waals surface area contributed by atoms with E-state index in [2.05, 4.69) is 0 Å². The SMILES string of the molecule is COc1cccc(C(=O)/C=C/C2CCC(=O)C2CCCCCCC(=O)O)c1. The van der Waals surface area contributed by atoms with Crippen LogP contribution in [0.5, 0.6) is 5.75 Å². The fourth-order valence-corrected chi connectivity index (χ4v) is 3.62. The van der Waals surface area contributed by atoms with Gasteiger partial charge in [-0.25, -0.2) is 0 Å². The van der Waals surface area contributed by atoms with Crippen molar-refractivity contribution in [3.8, 4) is 5.75 Å². The van der Waals surface area contributed by atoms with Crippen molar-refractivity contribution in [2.75, 3.05) is 7.11 Å². The predicted octanol–water partition coefficient (Wildman–Crippen LogP) is 4.45. The molecule has 0 heterocycles. The maximum absolute atomic E-state index is 12.4. The molecule has 1 saturated carbocycles. The maximum atomic E-state index is 12.4. The Balaban J connectivity index is 1.84. The van der Waals surface area contributed by atoms with Gasteiger partial charge in [0.2, 0.25) is 0 Å². The van der Waals surface area contributed by atoms with E-state index in [1.165, 1.54) is 0 Å². The van der Waals surface area contributed by atoms with Crippen LogP contribution in [0.15, 0.2) is 36.4 Å². The molecule has 0 spiro atoms. The Kier molecular flexibility index (Phi) is 8.24. The first-order valence-electron chi connectivity index (χ1n) is 9.62. The number of methoxy groups -OCH3 is 1. The third kappa shape index (κ3) is 6.66. The van der Waals surface area contributed by atoms with Crippen LogP contribution >= 0.6 is 0 Å². The Morgan fingerprint density at radius 1 is 1.22 bits per heavy atom. The number of ketones is 2. The number of ether oxygens (including phenoxy) is 1. The number of carboxylic acids is 1. The first-order chi connectivity index (χ1) is 13.0. The largest absolute Gasteiger partial charge is 0.497 e. The highest BCUT2D eigenvalue weighted by Gasteiger charge is 2.32. The molecule has 0 amide bonds. The number of carbonyl (C=O) groups excluding carboxylic acids is 2. The molecule has 2 atom stereocenters. The molecule has 0 bridgehead atoms. The summed E-state index contributed by atoms with van der Waals surface area (Å²) in [4.78, 5) is 35.1. The van der Waals surface area contributed by atoms with Crippen LogP contribution in [-0.2, 0) is 9.59 Å². The van der Waals surface area contributed by atoms with Gasteiger partial charge in [-0.2, -0.15) is 0 Å². The Hall–Kier alpha value is -2.43. The lowest BCUT2D eigenvalue weighted by Crippen LogP contribution is -2.13. The van der Waals surface area contributed by atoms with Crippen LogP contribution < -0.4 is 4.74 Å². The molecule has 2 unspecified atom stereocenters. The normalized spacial score (nSPS) is 19.5. The Morgan fingerprint density at radius 2 is 2.00 bits per heavy atom. The molecule has 5 heteroatoms. The predicted molar refractivity (Wildman–Crippen MR) is 103 cm³/mol. The Morgan fingerprint density at radius 3 is 2.74 bits per heavy atom. The number of aliphatic carboxylic acids is 1. The van der Waals surface area contributed by atoms with Crippen molar-refractivity contribution in [1.82, 2.24) is 0 Å². The number of Topliss-reactive ketones (excluding diaryl/α,β-unsaturated/α-hetero) is 1. The third-order valence-corrected chi connectivity index (χ3v) is 5.16. The fraction of sp³-hybridized carbons (Fsp3) is 0.500. The van der Waals surface area contributed by atoms with E-state index in [4.69, 9.17) is 9.84 Å². The molecule has 2 rings (SSSR count). The van der Waals surface area contributed by atoms with Crippen LogP contribution in [0.3, 0.4) is 0 Å². The summed E-state index contributed by atoms with van der Waals surface area (Å²) < 4.78 is 5.15. The van der Waals surface area contributed by atoms with Crippen LogP contribution in [-0.4, -0.2) is 29.8 Å². The number of rotatable bonds is 11. The van der Waals surface area contributed by atoms with E-state index in [1.807, 2.05) is 6.08 Å². The van der Waals surface area contributed by atoms with Gasteiger partial charge in [0.15, 0.2) is 5.78 Å².